The van der Waals surface area contributed by atoms with Crippen molar-refractivity contribution in [2.75, 3.05) is 13.1 Å². The molecule has 0 aromatic carbocycles. The van der Waals surface area contributed by atoms with Gasteiger partial charge in [-0.3, -0.25) is 0 Å². The number of aromatic nitrogens is 2. The lowest BCUT2D eigenvalue weighted by molar-refractivity contribution is 0.0275. The van der Waals surface area contributed by atoms with E-state index in [1.54, 1.807) is 10.4 Å². The van der Waals surface area contributed by atoms with Crippen LogP contribution in [0.2, 0.25) is 0 Å². The minimum absolute atomic E-state index is 0.0506. The zero-order chi connectivity index (χ0) is 15.7. The third-order valence-corrected chi connectivity index (χ3v) is 3.99. The Balaban J connectivity index is 1.59. The van der Waals surface area contributed by atoms with Gasteiger partial charge in [-0.05, 0) is 26.8 Å². The average molecular weight is 321 g/mol. The highest BCUT2D eigenvalue weighted by Crippen LogP contribution is 2.22. The van der Waals surface area contributed by atoms with Gasteiger partial charge >= 0.3 is 6.09 Å². The molecule has 0 bridgehead atoms. The van der Waals surface area contributed by atoms with Crippen molar-refractivity contribution in [1.29, 1.82) is 0 Å². The van der Waals surface area contributed by atoms with E-state index in [9.17, 15) is 4.79 Å². The van der Waals surface area contributed by atoms with E-state index in [1.807, 2.05) is 32.9 Å². The van der Waals surface area contributed by atoms with Crippen LogP contribution < -0.4 is 4.74 Å². The second kappa shape index (κ2) is 5.72. The summed E-state index contributed by atoms with van der Waals surface area (Å²) in [5.74, 6) is 0.577. The van der Waals surface area contributed by atoms with Crippen molar-refractivity contribution >= 4 is 27.8 Å². The van der Waals surface area contributed by atoms with E-state index < -0.39 is 5.60 Å². The highest BCUT2D eigenvalue weighted by Gasteiger charge is 2.31. The molecule has 2 aromatic rings. The Morgan fingerprint density at radius 3 is 3.00 bits per heavy atom. The molecule has 1 aliphatic heterocycles. The van der Waals surface area contributed by atoms with E-state index in [0.29, 0.717) is 19.0 Å². The summed E-state index contributed by atoms with van der Waals surface area (Å²) < 4.78 is 11.3. The summed E-state index contributed by atoms with van der Waals surface area (Å²) in [7, 11) is 0. The molecule has 3 rings (SSSR count). The van der Waals surface area contributed by atoms with Crippen LogP contribution in [0.3, 0.4) is 0 Å². The predicted octanol–water partition coefficient (Wildman–Crippen LogP) is 3.08. The summed E-state index contributed by atoms with van der Waals surface area (Å²) in [5, 5.41) is 0. The first-order valence-corrected chi connectivity index (χ1v) is 8.13. The van der Waals surface area contributed by atoms with Crippen LogP contribution >= 0.6 is 11.3 Å². The molecule has 22 heavy (non-hydrogen) atoms. The van der Waals surface area contributed by atoms with Crippen molar-refractivity contribution in [1.82, 2.24) is 14.9 Å². The number of carbonyl (C=O) groups is 1. The lowest BCUT2D eigenvalue weighted by Crippen LogP contribution is -2.36. The largest absolute Gasteiger partial charge is 0.472 e. The molecule has 0 spiro atoms. The van der Waals surface area contributed by atoms with Gasteiger partial charge in [0.2, 0.25) is 5.88 Å². The number of ether oxygens (including phenoxy) is 2. The van der Waals surface area contributed by atoms with Gasteiger partial charge in [0, 0.05) is 19.0 Å². The number of rotatable bonds is 2. The quantitative estimate of drug-likeness (QED) is 0.850. The van der Waals surface area contributed by atoms with Gasteiger partial charge in [-0.2, -0.15) is 0 Å². The highest BCUT2D eigenvalue weighted by atomic mass is 32.1. The smallest absolute Gasteiger partial charge is 0.410 e. The van der Waals surface area contributed by atoms with Gasteiger partial charge < -0.3 is 14.4 Å². The van der Waals surface area contributed by atoms with Gasteiger partial charge in [0.15, 0.2) is 0 Å². The van der Waals surface area contributed by atoms with Crippen molar-refractivity contribution in [2.24, 2.45) is 0 Å². The highest BCUT2D eigenvalue weighted by molar-refractivity contribution is 7.16. The van der Waals surface area contributed by atoms with Gasteiger partial charge in [0.1, 0.15) is 22.1 Å². The molecule has 118 valence electrons. The second-order valence-electron chi connectivity index (χ2n) is 6.28. The second-order valence-corrected chi connectivity index (χ2v) is 7.11. The normalized spacial score (nSPS) is 18.7. The van der Waals surface area contributed by atoms with E-state index in [0.717, 1.165) is 16.8 Å². The number of fused-ring (bicyclic) bond motifs is 1. The number of likely N-dealkylation sites (tertiary alicyclic amines) is 1. The SMILES string of the molecule is CC(C)(C)OC(=O)N1CC[C@H](Oc2ccc3ncsc3n2)C1. The zero-order valence-corrected chi connectivity index (χ0v) is 13.7. The van der Waals surface area contributed by atoms with Gasteiger partial charge in [0.25, 0.3) is 0 Å². The Morgan fingerprint density at radius 1 is 1.41 bits per heavy atom. The standard InChI is InChI=1S/C15H19N3O3S/c1-15(2,3)21-14(19)18-7-6-10(8-18)20-12-5-4-11-13(17-12)22-9-16-11/h4-5,9-10H,6-8H2,1-3H3/t10-/m0/s1. The van der Waals surface area contributed by atoms with Crippen LogP contribution in [0, 0.1) is 0 Å². The maximum atomic E-state index is 12.0. The van der Waals surface area contributed by atoms with Crippen LogP contribution in [0.25, 0.3) is 10.3 Å². The Morgan fingerprint density at radius 2 is 2.23 bits per heavy atom. The van der Waals surface area contributed by atoms with Crippen LogP contribution in [0.1, 0.15) is 27.2 Å². The maximum Gasteiger partial charge on any atom is 0.410 e. The summed E-state index contributed by atoms with van der Waals surface area (Å²) >= 11 is 1.48. The molecule has 0 aliphatic carbocycles. The Kier molecular flexibility index (Phi) is 3.90. The van der Waals surface area contributed by atoms with E-state index in [1.165, 1.54) is 11.3 Å². The molecular formula is C15H19N3O3S. The van der Waals surface area contributed by atoms with Crippen molar-refractivity contribution in [2.45, 2.75) is 38.9 Å². The van der Waals surface area contributed by atoms with E-state index >= 15 is 0 Å². The van der Waals surface area contributed by atoms with Gasteiger partial charge in [0.05, 0.1) is 12.1 Å². The van der Waals surface area contributed by atoms with Gasteiger partial charge in [-0.25, -0.2) is 14.8 Å². The Hall–Kier alpha value is -1.89. The van der Waals surface area contributed by atoms with Crippen molar-refractivity contribution in [3.8, 4) is 5.88 Å². The van der Waals surface area contributed by atoms with Gasteiger partial charge in [-0.1, -0.05) is 0 Å². The van der Waals surface area contributed by atoms with Crippen LogP contribution in [-0.2, 0) is 4.74 Å². The third-order valence-electron chi connectivity index (χ3n) is 3.25. The first-order chi connectivity index (χ1) is 10.4. The summed E-state index contributed by atoms with van der Waals surface area (Å²) in [6.07, 6.45) is 0.441. The summed E-state index contributed by atoms with van der Waals surface area (Å²) in [6, 6.07) is 3.72. The van der Waals surface area contributed by atoms with Crippen LogP contribution in [0.4, 0.5) is 4.79 Å². The van der Waals surface area contributed by atoms with E-state index in [-0.39, 0.29) is 12.2 Å². The number of carbonyl (C=O) groups excluding carboxylic acids is 1. The molecule has 1 saturated heterocycles. The summed E-state index contributed by atoms with van der Waals surface area (Å²) in [4.78, 5) is 23.2. The minimum Gasteiger partial charge on any atom is -0.472 e. The molecule has 0 saturated carbocycles. The fourth-order valence-corrected chi connectivity index (χ4v) is 2.94. The maximum absolute atomic E-state index is 12.0. The molecule has 1 aliphatic rings. The zero-order valence-electron chi connectivity index (χ0n) is 12.9. The minimum atomic E-state index is -0.477. The molecule has 1 amide bonds. The van der Waals surface area contributed by atoms with Crippen molar-refractivity contribution < 1.29 is 14.3 Å². The monoisotopic (exact) mass is 321 g/mol. The molecule has 1 fully saturated rings. The number of hydrogen-bond donors (Lipinski definition) is 0. The van der Waals surface area contributed by atoms with Crippen molar-refractivity contribution in [3.05, 3.63) is 17.6 Å². The molecule has 3 heterocycles. The Labute approximate surface area is 133 Å². The molecule has 0 unspecified atom stereocenters. The van der Waals surface area contributed by atoms with E-state index in [2.05, 4.69) is 9.97 Å². The molecule has 0 N–H and O–H groups in total. The first-order valence-electron chi connectivity index (χ1n) is 7.25. The Bertz CT molecular complexity index is 680. The molecule has 2 aromatic heterocycles. The first kappa shape index (κ1) is 15.0. The number of hydrogen-bond acceptors (Lipinski definition) is 6. The van der Waals surface area contributed by atoms with Crippen LogP contribution in [-0.4, -0.2) is 45.8 Å². The molecule has 7 heteroatoms. The summed E-state index contributed by atoms with van der Waals surface area (Å²) in [6.45, 7) is 6.76. The number of pyridine rings is 1. The molecular weight excluding hydrogens is 302 g/mol. The van der Waals surface area contributed by atoms with Crippen LogP contribution in [0.5, 0.6) is 5.88 Å². The third kappa shape index (κ3) is 3.47. The van der Waals surface area contributed by atoms with Crippen LogP contribution in [0.15, 0.2) is 17.6 Å². The topological polar surface area (TPSA) is 64.5 Å². The number of thiazole rings is 1. The van der Waals surface area contributed by atoms with Gasteiger partial charge in [-0.15, -0.1) is 11.3 Å². The number of nitrogens with zero attached hydrogens (tertiary/aromatic N) is 3. The lowest BCUT2D eigenvalue weighted by atomic mass is 10.2. The number of amides is 1. The predicted molar refractivity (Wildman–Crippen MR) is 84.3 cm³/mol. The summed E-state index contributed by atoms with van der Waals surface area (Å²) in [5.41, 5.74) is 2.16. The molecule has 0 radical (unpaired) electrons. The average Bonchev–Trinajstić information content (AvgIpc) is 3.04. The fraction of sp³-hybridized carbons (Fsp3) is 0.533. The lowest BCUT2D eigenvalue weighted by Gasteiger charge is -2.24. The molecule has 6 nitrogen and oxygen atoms in total. The molecule has 1 atom stereocenters. The van der Waals surface area contributed by atoms with Crippen molar-refractivity contribution in [3.63, 3.8) is 0 Å². The van der Waals surface area contributed by atoms with E-state index in [4.69, 9.17) is 9.47 Å². The fourth-order valence-electron chi connectivity index (χ4n) is 2.29.